The summed E-state index contributed by atoms with van der Waals surface area (Å²) in [6, 6.07) is 3.26. The average molecular weight is 688 g/mol. The van der Waals surface area contributed by atoms with Crippen molar-refractivity contribution in [1.82, 2.24) is 9.80 Å². The SMILES string of the molecule is CC1=CCC(N(C2CCC(CCO)CC2)C2CCC(C3CC=C(N(C4CC=C(CCN=O)CC4)C4CCC(C)C(C)C4)CC3)C=C2C)CC1C. The van der Waals surface area contributed by atoms with E-state index >= 15 is 0 Å². The Bertz CT molecular complexity index is 1240. The number of aliphatic hydroxyl groups excluding tert-OH is 1. The number of nitrogens with zero attached hydrogens (tertiary/aromatic N) is 3. The summed E-state index contributed by atoms with van der Waals surface area (Å²) in [7, 11) is 0. The summed E-state index contributed by atoms with van der Waals surface area (Å²) in [6.07, 6.45) is 34.1. The number of hydrogen-bond acceptors (Lipinski definition) is 5. The lowest BCUT2D eigenvalue weighted by molar-refractivity contribution is 0.0372. The number of nitroso groups, excluding NO2 is 1. The molecule has 9 atom stereocenters. The van der Waals surface area contributed by atoms with Crippen LogP contribution in [0.1, 0.15) is 157 Å². The molecule has 0 aromatic carbocycles. The number of allylic oxidation sites excluding steroid dienone is 4. The van der Waals surface area contributed by atoms with Crippen LogP contribution >= 0.6 is 0 Å². The van der Waals surface area contributed by atoms with Crippen molar-refractivity contribution in [1.29, 1.82) is 0 Å². The van der Waals surface area contributed by atoms with Crippen molar-refractivity contribution < 1.29 is 5.11 Å². The van der Waals surface area contributed by atoms with E-state index in [1.807, 2.05) is 0 Å². The van der Waals surface area contributed by atoms with Crippen molar-refractivity contribution in [2.24, 2.45) is 40.7 Å². The minimum absolute atomic E-state index is 0.352. The third-order valence-corrected chi connectivity index (χ3v) is 15.2. The fourth-order valence-electron chi connectivity index (χ4n) is 11.6. The Kier molecular flexibility index (Phi) is 13.6. The predicted octanol–water partition coefficient (Wildman–Crippen LogP) is 11.1. The van der Waals surface area contributed by atoms with Crippen molar-refractivity contribution in [3.8, 4) is 0 Å². The summed E-state index contributed by atoms with van der Waals surface area (Å²) in [6.45, 7) is 13.0. The van der Waals surface area contributed by atoms with Crippen LogP contribution in [0.2, 0.25) is 0 Å². The van der Waals surface area contributed by atoms with Gasteiger partial charge in [-0.15, -0.1) is 0 Å². The van der Waals surface area contributed by atoms with Gasteiger partial charge in [0.1, 0.15) is 0 Å². The second-order valence-electron chi connectivity index (χ2n) is 18.2. The van der Waals surface area contributed by atoms with E-state index in [1.54, 1.807) is 16.8 Å². The van der Waals surface area contributed by atoms with Crippen LogP contribution in [0.5, 0.6) is 0 Å². The maximum Gasteiger partial charge on any atom is 0.0848 e. The highest BCUT2D eigenvalue weighted by atomic mass is 16.3. The fourth-order valence-corrected chi connectivity index (χ4v) is 11.6. The molecule has 5 nitrogen and oxygen atoms in total. The number of hydrogen-bond donors (Lipinski definition) is 1. The highest BCUT2D eigenvalue weighted by molar-refractivity contribution is 5.20. The monoisotopic (exact) mass is 688 g/mol. The first-order chi connectivity index (χ1) is 24.2. The molecule has 5 heteroatoms. The van der Waals surface area contributed by atoms with E-state index < -0.39 is 0 Å². The quantitative estimate of drug-likeness (QED) is 0.164. The second-order valence-corrected chi connectivity index (χ2v) is 18.2. The minimum atomic E-state index is 0.352. The molecule has 0 saturated heterocycles. The largest absolute Gasteiger partial charge is 0.396 e. The summed E-state index contributed by atoms with van der Waals surface area (Å²) in [5.41, 5.74) is 6.38. The van der Waals surface area contributed by atoms with Gasteiger partial charge in [-0.1, -0.05) is 67.0 Å². The zero-order valence-corrected chi connectivity index (χ0v) is 32.7. The van der Waals surface area contributed by atoms with Crippen LogP contribution in [-0.2, 0) is 0 Å². The van der Waals surface area contributed by atoms with Gasteiger partial charge in [0.2, 0.25) is 0 Å². The zero-order valence-electron chi connectivity index (χ0n) is 32.7. The first-order valence-corrected chi connectivity index (χ1v) is 21.4. The maximum absolute atomic E-state index is 10.8. The molecule has 0 radical (unpaired) electrons. The minimum Gasteiger partial charge on any atom is -0.396 e. The van der Waals surface area contributed by atoms with Gasteiger partial charge in [-0.05, 0) is 171 Å². The van der Waals surface area contributed by atoms with Crippen LogP contribution in [0.4, 0.5) is 0 Å². The Labute approximate surface area is 306 Å². The third-order valence-electron chi connectivity index (χ3n) is 15.2. The molecule has 9 unspecified atom stereocenters. The van der Waals surface area contributed by atoms with Crippen LogP contribution in [0.25, 0.3) is 0 Å². The van der Waals surface area contributed by atoms with E-state index in [0.29, 0.717) is 55.2 Å². The van der Waals surface area contributed by atoms with Gasteiger partial charge < -0.3 is 10.0 Å². The van der Waals surface area contributed by atoms with Gasteiger partial charge >= 0.3 is 0 Å². The maximum atomic E-state index is 10.8. The molecule has 2 fully saturated rings. The van der Waals surface area contributed by atoms with Crippen LogP contribution in [0.3, 0.4) is 0 Å². The molecule has 0 aromatic rings. The molecule has 6 aliphatic rings. The first kappa shape index (κ1) is 38.0. The molecule has 0 aliphatic heterocycles. The van der Waals surface area contributed by atoms with Gasteiger partial charge in [0.15, 0.2) is 0 Å². The molecule has 0 aromatic heterocycles. The lowest BCUT2D eigenvalue weighted by Gasteiger charge is -2.50. The highest BCUT2D eigenvalue weighted by Gasteiger charge is 2.40. The van der Waals surface area contributed by atoms with Crippen LogP contribution in [0.15, 0.2) is 51.9 Å². The molecule has 50 heavy (non-hydrogen) atoms. The molecule has 6 rings (SSSR count). The Morgan fingerprint density at radius 3 is 2.16 bits per heavy atom. The second kappa shape index (κ2) is 17.9. The van der Waals surface area contributed by atoms with E-state index in [0.717, 1.165) is 49.4 Å². The molecule has 0 spiro atoms. The summed E-state index contributed by atoms with van der Waals surface area (Å²) in [4.78, 5) is 16.8. The van der Waals surface area contributed by atoms with Gasteiger partial charge in [0, 0.05) is 42.5 Å². The summed E-state index contributed by atoms with van der Waals surface area (Å²) in [5, 5.41) is 12.7. The van der Waals surface area contributed by atoms with E-state index in [4.69, 9.17) is 0 Å². The molecule has 6 aliphatic carbocycles. The Morgan fingerprint density at radius 1 is 0.740 bits per heavy atom. The van der Waals surface area contributed by atoms with Gasteiger partial charge in [-0.25, -0.2) is 0 Å². The van der Waals surface area contributed by atoms with E-state index in [2.05, 4.69) is 73.9 Å². The van der Waals surface area contributed by atoms with E-state index in [9.17, 15) is 10.0 Å². The Morgan fingerprint density at radius 2 is 1.52 bits per heavy atom. The van der Waals surface area contributed by atoms with Crippen LogP contribution in [0, 0.1) is 40.4 Å². The Hall–Kier alpha value is -1.72. The molecular weight excluding hydrogens is 615 g/mol. The molecule has 1 N–H and O–H groups in total. The zero-order chi connectivity index (χ0) is 35.2. The summed E-state index contributed by atoms with van der Waals surface area (Å²) in [5.74, 6) is 4.55. The summed E-state index contributed by atoms with van der Waals surface area (Å²) < 4.78 is 0. The van der Waals surface area contributed by atoms with Crippen molar-refractivity contribution in [3.63, 3.8) is 0 Å². The molecule has 280 valence electrons. The smallest absolute Gasteiger partial charge is 0.0848 e. The van der Waals surface area contributed by atoms with Crippen LogP contribution in [-0.4, -0.2) is 58.3 Å². The molecule has 0 heterocycles. The van der Waals surface area contributed by atoms with Gasteiger partial charge in [0.25, 0.3) is 0 Å². The summed E-state index contributed by atoms with van der Waals surface area (Å²) >= 11 is 0. The number of rotatable bonds is 12. The molecule has 0 amide bonds. The van der Waals surface area contributed by atoms with Crippen LogP contribution < -0.4 is 0 Å². The standard InChI is InChI=1S/C45H73N3O2/c1-31-6-15-43(29-33(31)3)47(40-17-8-36(9-18-40)24-26-46-50)41-21-12-38(13-22-41)39-14-23-45(35(5)28-39)48(44-16-7-32(2)34(4)30-44)42-19-10-37(11-20-42)25-27-49/h7-8,21,28,31,33-34,37-40,42-45,49H,6,9-20,22-27,29-30H2,1-5H3. The van der Waals surface area contributed by atoms with Crippen molar-refractivity contribution >= 4 is 0 Å². The highest BCUT2D eigenvalue weighted by Crippen LogP contribution is 2.45. The average Bonchev–Trinajstić information content (AvgIpc) is 3.13. The lowest BCUT2D eigenvalue weighted by Crippen LogP contribution is -2.53. The van der Waals surface area contributed by atoms with Gasteiger partial charge in [-0.3, -0.25) is 4.90 Å². The topological polar surface area (TPSA) is 56.1 Å². The predicted molar refractivity (Wildman–Crippen MR) is 210 cm³/mol. The molecule has 2 saturated carbocycles. The van der Waals surface area contributed by atoms with Crippen molar-refractivity contribution in [2.45, 2.75) is 187 Å². The number of aliphatic hydroxyl groups is 1. The first-order valence-electron chi connectivity index (χ1n) is 21.4. The third kappa shape index (κ3) is 9.07. The normalized spacial score (nSPS) is 38.5. The van der Waals surface area contributed by atoms with Crippen molar-refractivity contribution in [2.75, 3.05) is 13.2 Å². The van der Waals surface area contributed by atoms with E-state index in [1.165, 1.54) is 102 Å². The van der Waals surface area contributed by atoms with Gasteiger partial charge in [-0.2, -0.15) is 4.91 Å². The van der Waals surface area contributed by atoms with Gasteiger partial charge in [0.05, 0.1) is 6.54 Å². The molecular formula is C45H73N3O2. The molecule has 0 bridgehead atoms. The van der Waals surface area contributed by atoms with Crippen molar-refractivity contribution in [3.05, 3.63) is 51.6 Å². The van der Waals surface area contributed by atoms with E-state index in [-0.39, 0.29) is 0 Å². The Balaban J connectivity index is 1.14. The fraction of sp³-hybridized carbons (Fsp3) is 0.822. The lowest BCUT2D eigenvalue weighted by atomic mass is 9.73.